The molecule has 0 N–H and O–H groups in total. The van der Waals surface area contributed by atoms with E-state index in [0.717, 1.165) is 12.8 Å². The molecule has 0 aromatic rings. The standard InChI is InChI=1S/C16H26O/c1-11(2)13-6-7-15(4)10-14(17)8-12(3)16(15,5)9-13/h12-13H,1,6-10H2,2-5H3/t12?,13?,15-,16?/m1/s1. The van der Waals surface area contributed by atoms with Crippen LogP contribution in [0.15, 0.2) is 12.2 Å². The van der Waals surface area contributed by atoms with Crippen molar-refractivity contribution in [2.24, 2.45) is 22.7 Å². The van der Waals surface area contributed by atoms with E-state index in [9.17, 15) is 4.79 Å². The van der Waals surface area contributed by atoms with Gasteiger partial charge in [-0.05, 0) is 48.9 Å². The molecule has 0 aromatic carbocycles. The molecule has 17 heavy (non-hydrogen) atoms. The highest BCUT2D eigenvalue weighted by Crippen LogP contribution is 2.61. The average molecular weight is 234 g/mol. The molecule has 0 amide bonds. The number of allylic oxidation sites excluding steroid dienone is 1. The van der Waals surface area contributed by atoms with Crippen molar-refractivity contribution >= 4 is 5.78 Å². The van der Waals surface area contributed by atoms with E-state index in [2.05, 4.69) is 34.3 Å². The molecule has 0 aromatic heterocycles. The number of Topliss-reactive ketones (excluding diaryl/α,β-unsaturated/α-hetero) is 1. The van der Waals surface area contributed by atoms with E-state index in [1.165, 1.54) is 24.8 Å². The van der Waals surface area contributed by atoms with Crippen molar-refractivity contribution in [3.05, 3.63) is 12.2 Å². The predicted molar refractivity (Wildman–Crippen MR) is 71.8 cm³/mol. The topological polar surface area (TPSA) is 17.1 Å². The normalized spacial score (nSPS) is 46.5. The fraction of sp³-hybridized carbons (Fsp3) is 0.812. The first-order valence-corrected chi connectivity index (χ1v) is 6.95. The molecule has 3 unspecified atom stereocenters. The Kier molecular flexibility index (Phi) is 3.00. The van der Waals surface area contributed by atoms with Gasteiger partial charge in [0.05, 0.1) is 0 Å². The summed E-state index contributed by atoms with van der Waals surface area (Å²) in [6, 6.07) is 0. The van der Waals surface area contributed by atoms with Gasteiger partial charge in [0.25, 0.3) is 0 Å². The third-order valence-electron chi connectivity index (χ3n) is 6.00. The van der Waals surface area contributed by atoms with Crippen LogP contribution in [0.3, 0.4) is 0 Å². The number of rotatable bonds is 1. The molecular weight excluding hydrogens is 208 g/mol. The van der Waals surface area contributed by atoms with Crippen LogP contribution in [0.1, 0.15) is 59.8 Å². The van der Waals surface area contributed by atoms with Gasteiger partial charge in [-0.1, -0.05) is 32.9 Å². The molecule has 0 saturated heterocycles. The molecule has 2 aliphatic carbocycles. The number of carbonyl (C=O) groups excluding carboxylic acids is 1. The molecule has 4 atom stereocenters. The highest BCUT2D eigenvalue weighted by Gasteiger charge is 2.55. The van der Waals surface area contributed by atoms with Gasteiger partial charge in [-0.2, -0.15) is 0 Å². The van der Waals surface area contributed by atoms with E-state index in [1.807, 2.05) is 0 Å². The van der Waals surface area contributed by atoms with E-state index < -0.39 is 0 Å². The summed E-state index contributed by atoms with van der Waals surface area (Å²) in [6.07, 6.45) is 5.23. The smallest absolute Gasteiger partial charge is 0.133 e. The Labute approximate surface area is 106 Å². The zero-order valence-electron chi connectivity index (χ0n) is 11.8. The van der Waals surface area contributed by atoms with Gasteiger partial charge < -0.3 is 0 Å². The minimum atomic E-state index is 0.230. The molecule has 1 nitrogen and oxygen atoms in total. The lowest BCUT2D eigenvalue weighted by Gasteiger charge is -2.58. The van der Waals surface area contributed by atoms with Crippen molar-refractivity contribution in [3.8, 4) is 0 Å². The fourth-order valence-corrected chi connectivity index (χ4v) is 4.22. The molecule has 0 bridgehead atoms. The van der Waals surface area contributed by atoms with Gasteiger partial charge in [0.2, 0.25) is 0 Å². The Morgan fingerprint density at radius 3 is 2.65 bits per heavy atom. The minimum Gasteiger partial charge on any atom is -0.300 e. The summed E-state index contributed by atoms with van der Waals surface area (Å²) in [5, 5.41) is 0. The van der Waals surface area contributed by atoms with Gasteiger partial charge in [0.1, 0.15) is 5.78 Å². The second-order valence-corrected chi connectivity index (χ2v) is 7.08. The summed E-state index contributed by atoms with van der Waals surface area (Å²) in [4.78, 5) is 11.9. The van der Waals surface area contributed by atoms with Gasteiger partial charge >= 0.3 is 0 Å². The maximum absolute atomic E-state index is 11.9. The molecule has 2 aliphatic rings. The third kappa shape index (κ3) is 1.88. The quantitative estimate of drug-likeness (QED) is 0.616. The summed E-state index contributed by atoms with van der Waals surface area (Å²) >= 11 is 0. The number of hydrogen-bond donors (Lipinski definition) is 0. The highest BCUT2D eigenvalue weighted by molar-refractivity contribution is 5.80. The summed E-state index contributed by atoms with van der Waals surface area (Å²) in [5.74, 6) is 1.67. The zero-order chi connectivity index (χ0) is 12.8. The van der Waals surface area contributed by atoms with Crippen molar-refractivity contribution in [1.82, 2.24) is 0 Å². The first kappa shape index (κ1) is 12.9. The van der Waals surface area contributed by atoms with Crippen LogP contribution >= 0.6 is 0 Å². The largest absolute Gasteiger partial charge is 0.300 e. The van der Waals surface area contributed by atoms with E-state index in [-0.39, 0.29) is 5.41 Å². The van der Waals surface area contributed by atoms with Crippen LogP contribution in [0, 0.1) is 22.7 Å². The van der Waals surface area contributed by atoms with Gasteiger partial charge in [0.15, 0.2) is 0 Å². The van der Waals surface area contributed by atoms with Crippen LogP contribution in [0.5, 0.6) is 0 Å². The lowest BCUT2D eigenvalue weighted by Crippen LogP contribution is -2.52. The van der Waals surface area contributed by atoms with Crippen LogP contribution in [0.4, 0.5) is 0 Å². The Bertz CT molecular complexity index is 357. The Balaban J connectivity index is 2.30. The van der Waals surface area contributed by atoms with Crippen molar-refractivity contribution in [1.29, 1.82) is 0 Å². The molecule has 0 aliphatic heterocycles. The average Bonchev–Trinajstić information content (AvgIpc) is 2.20. The summed E-state index contributed by atoms with van der Waals surface area (Å²) < 4.78 is 0. The Morgan fingerprint density at radius 2 is 2.06 bits per heavy atom. The lowest BCUT2D eigenvalue weighted by molar-refractivity contribution is -0.141. The minimum absolute atomic E-state index is 0.230. The zero-order valence-corrected chi connectivity index (χ0v) is 11.8. The second kappa shape index (κ2) is 3.96. The molecule has 2 rings (SSSR count). The van der Waals surface area contributed by atoms with Crippen LogP contribution in [-0.2, 0) is 4.79 Å². The Hall–Kier alpha value is -0.590. The van der Waals surface area contributed by atoms with Crippen LogP contribution in [0.2, 0.25) is 0 Å². The SMILES string of the molecule is C=C(C)C1CC[C@]2(C)CC(=O)CC(C)C2(C)C1. The molecule has 0 heterocycles. The van der Waals surface area contributed by atoms with Gasteiger partial charge in [-0.3, -0.25) is 4.79 Å². The second-order valence-electron chi connectivity index (χ2n) is 7.08. The first-order chi connectivity index (χ1) is 7.78. The maximum atomic E-state index is 11.9. The van der Waals surface area contributed by atoms with Crippen molar-refractivity contribution in [2.75, 3.05) is 0 Å². The van der Waals surface area contributed by atoms with E-state index in [1.54, 1.807) is 0 Å². The molecule has 2 saturated carbocycles. The number of carbonyl (C=O) groups is 1. The summed E-state index contributed by atoms with van der Waals surface area (Å²) in [6.45, 7) is 13.3. The number of fused-ring (bicyclic) bond motifs is 1. The fourth-order valence-electron chi connectivity index (χ4n) is 4.22. The van der Waals surface area contributed by atoms with Crippen molar-refractivity contribution in [3.63, 3.8) is 0 Å². The van der Waals surface area contributed by atoms with E-state index in [0.29, 0.717) is 23.0 Å². The van der Waals surface area contributed by atoms with Gasteiger partial charge in [-0.25, -0.2) is 0 Å². The number of hydrogen-bond acceptors (Lipinski definition) is 1. The molecule has 1 heteroatoms. The van der Waals surface area contributed by atoms with Gasteiger partial charge in [-0.15, -0.1) is 0 Å². The van der Waals surface area contributed by atoms with Crippen LogP contribution < -0.4 is 0 Å². The molecule has 2 fully saturated rings. The molecule has 0 spiro atoms. The van der Waals surface area contributed by atoms with Crippen molar-refractivity contribution < 1.29 is 4.79 Å². The molecule has 0 radical (unpaired) electrons. The molecular formula is C16H26O. The third-order valence-corrected chi connectivity index (χ3v) is 6.00. The van der Waals surface area contributed by atoms with Crippen LogP contribution in [0.25, 0.3) is 0 Å². The monoisotopic (exact) mass is 234 g/mol. The van der Waals surface area contributed by atoms with E-state index >= 15 is 0 Å². The summed E-state index contributed by atoms with van der Waals surface area (Å²) in [5.41, 5.74) is 1.88. The summed E-state index contributed by atoms with van der Waals surface area (Å²) in [7, 11) is 0. The number of ketones is 1. The predicted octanol–water partition coefficient (Wildman–Crippen LogP) is 4.37. The molecule has 96 valence electrons. The first-order valence-electron chi connectivity index (χ1n) is 6.95. The Morgan fingerprint density at radius 1 is 1.41 bits per heavy atom. The maximum Gasteiger partial charge on any atom is 0.133 e. The lowest BCUT2D eigenvalue weighted by atomic mass is 9.46. The van der Waals surface area contributed by atoms with Gasteiger partial charge in [0, 0.05) is 12.8 Å². The van der Waals surface area contributed by atoms with Crippen molar-refractivity contribution in [2.45, 2.75) is 59.8 Å². The van der Waals surface area contributed by atoms with E-state index in [4.69, 9.17) is 0 Å². The highest BCUT2D eigenvalue weighted by atomic mass is 16.1. The van der Waals surface area contributed by atoms with Crippen LogP contribution in [-0.4, -0.2) is 5.78 Å².